The zero-order valence-corrected chi connectivity index (χ0v) is 13.8. The van der Waals surface area contributed by atoms with Crippen LogP contribution in [0.1, 0.15) is 38.2 Å². The van der Waals surface area contributed by atoms with Crippen molar-refractivity contribution in [2.24, 2.45) is 0 Å². The zero-order chi connectivity index (χ0) is 15.2. The number of hydrogen-bond donors (Lipinski definition) is 0. The van der Waals surface area contributed by atoms with E-state index in [1.54, 1.807) is 0 Å². The normalized spacial score (nSPS) is 17.6. The molecular formula is C17H25ClN2O. The summed E-state index contributed by atoms with van der Waals surface area (Å²) in [6.07, 6.45) is 4.76. The quantitative estimate of drug-likeness (QED) is 0.849. The van der Waals surface area contributed by atoms with Crippen molar-refractivity contribution in [1.29, 1.82) is 0 Å². The molecule has 0 saturated carbocycles. The number of rotatable bonds is 4. The molecular weight excluding hydrogens is 284 g/mol. The van der Waals surface area contributed by atoms with Gasteiger partial charge in [-0.25, -0.2) is 0 Å². The molecule has 1 aliphatic heterocycles. The van der Waals surface area contributed by atoms with E-state index in [1.165, 1.54) is 12.8 Å². The van der Waals surface area contributed by atoms with Gasteiger partial charge in [-0.15, -0.1) is 0 Å². The number of carbonyl (C=O) groups excluding carboxylic acids is 1. The molecule has 1 heterocycles. The second-order valence-corrected chi connectivity index (χ2v) is 6.40. The number of amides is 1. The number of carbonyl (C=O) groups is 1. The van der Waals surface area contributed by atoms with E-state index in [0.29, 0.717) is 0 Å². The molecule has 1 saturated heterocycles. The summed E-state index contributed by atoms with van der Waals surface area (Å²) in [6.45, 7) is 4.56. The Labute approximate surface area is 132 Å². The van der Waals surface area contributed by atoms with Crippen LogP contribution in [0.4, 0.5) is 0 Å². The minimum Gasteiger partial charge on any atom is -0.341 e. The highest BCUT2D eigenvalue weighted by molar-refractivity contribution is 6.30. The van der Waals surface area contributed by atoms with Gasteiger partial charge < -0.3 is 4.90 Å². The predicted molar refractivity (Wildman–Crippen MR) is 87.4 cm³/mol. The van der Waals surface area contributed by atoms with Crippen LogP contribution in [-0.2, 0) is 11.3 Å². The number of likely N-dealkylation sites (N-methyl/N-ethyl adjacent to an activating group) is 1. The fourth-order valence-electron chi connectivity index (χ4n) is 2.80. The van der Waals surface area contributed by atoms with Crippen molar-refractivity contribution in [1.82, 2.24) is 9.80 Å². The Hall–Kier alpha value is -1.06. The molecule has 0 spiro atoms. The Morgan fingerprint density at radius 2 is 1.95 bits per heavy atom. The number of likely N-dealkylation sites (tertiary alicyclic amines) is 1. The minimum atomic E-state index is -0.0953. The standard InChI is InChI=1S/C17H25ClN2O/c1-14(17(21)20-10-5-3-4-6-11-20)19(2)13-15-8-7-9-16(18)12-15/h7-9,12,14H,3-6,10-11,13H2,1-2H3. The van der Waals surface area contributed by atoms with E-state index in [-0.39, 0.29) is 11.9 Å². The summed E-state index contributed by atoms with van der Waals surface area (Å²) >= 11 is 6.02. The third-order valence-electron chi connectivity index (χ3n) is 4.26. The van der Waals surface area contributed by atoms with Crippen LogP contribution in [0.5, 0.6) is 0 Å². The fourth-order valence-corrected chi connectivity index (χ4v) is 3.02. The highest BCUT2D eigenvalue weighted by Gasteiger charge is 2.24. The summed E-state index contributed by atoms with van der Waals surface area (Å²) in [5, 5.41) is 0.743. The van der Waals surface area contributed by atoms with Crippen LogP contribution >= 0.6 is 11.6 Å². The smallest absolute Gasteiger partial charge is 0.239 e. The van der Waals surface area contributed by atoms with Gasteiger partial charge in [0, 0.05) is 24.7 Å². The Morgan fingerprint density at radius 1 is 1.29 bits per heavy atom. The number of hydrogen-bond acceptors (Lipinski definition) is 2. The van der Waals surface area contributed by atoms with Gasteiger partial charge in [0.1, 0.15) is 0 Å². The van der Waals surface area contributed by atoms with Gasteiger partial charge in [-0.3, -0.25) is 9.69 Å². The number of nitrogens with zero attached hydrogens (tertiary/aromatic N) is 2. The summed E-state index contributed by atoms with van der Waals surface area (Å²) in [7, 11) is 2.00. The first kappa shape index (κ1) is 16.3. The van der Waals surface area contributed by atoms with Gasteiger partial charge in [0.15, 0.2) is 0 Å². The van der Waals surface area contributed by atoms with Gasteiger partial charge in [-0.05, 0) is 44.5 Å². The summed E-state index contributed by atoms with van der Waals surface area (Å²) in [4.78, 5) is 16.7. The Kier molecular flexibility index (Phi) is 6.07. The average Bonchev–Trinajstić information content (AvgIpc) is 2.74. The number of benzene rings is 1. The van der Waals surface area contributed by atoms with E-state index in [9.17, 15) is 4.79 Å². The van der Waals surface area contributed by atoms with Crippen LogP contribution < -0.4 is 0 Å². The molecule has 0 bridgehead atoms. The summed E-state index contributed by atoms with van der Waals surface area (Å²) in [6, 6.07) is 7.73. The van der Waals surface area contributed by atoms with Crippen LogP contribution in [0.2, 0.25) is 5.02 Å². The third kappa shape index (κ3) is 4.72. The summed E-state index contributed by atoms with van der Waals surface area (Å²) < 4.78 is 0. The first-order valence-corrected chi connectivity index (χ1v) is 8.19. The maximum absolute atomic E-state index is 12.6. The second-order valence-electron chi connectivity index (χ2n) is 5.96. The van der Waals surface area contributed by atoms with E-state index < -0.39 is 0 Å². The lowest BCUT2D eigenvalue weighted by atomic mass is 10.1. The molecule has 0 aliphatic carbocycles. The molecule has 1 unspecified atom stereocenters. The van der Waals surface area contributed by atoms with Gasteiger partial charge in [-0.2, -0.15) is 0 Å². The van der Waals surface area contributed by atoms with E-state index in [1.807, 2.05) is 43.1 Å². The maximum atomic E-state index is 12.6. The third-order valence-corrected chi connectivity index (χ3v) is 4.49. The van der Waals surface area contributed by atoms with Gasteiger partial charge in [0.2, 0.25) is 5.91 Å². The van der Waals surface area contributed by atoms with E-state index in [0.717, 1.165) is 43.1 Å². The highest BCUT2D eigenvalue weighted by Crippen LogP contribution is 2.15. The lowest BCUT2D eigenvalue weighted by Gasteiger charge is -2.29. The van der Waals surface area contributed by atoms with Crippen molar-refractivity contribution in [2.45, 2.75) is 45.2 Å². The molecule has 4 heteroatoms. The molecule has 1 aromatic carbocycles. The van der Waals surface area contributed by atoms with Crippen LogP contribution in [0.3, 0.4) is 0 Å². The Morgan fingerprint density at radius 3 is 2.57 bits per heavy atom. The molecule has 1 fully saturated rings. The molecule has 1 atom stereocenters. The van der Waals surface area contributed by atoms with Crippen molar-refractivity contribution in [3.05, 3.63) is 34.9 Å². The van der Waals surface area contributed by atoms with Crippen molar-refractivity contribution in [2.75, 3.05) is 20.1 Å². The van der Waals surface area contributed by atoms with Gasteiger partial charge >= 0.3 is 0 Å². The first-order chi connectivity index (χ1) is 10.1. The Balaban J connectivity index is 1.94. The lowest BCUT2D eigenvalue weighted by Crippen LogP contribution is -2.45. The average molecular weight is 309 g/mol. The fraction of sp³-hybridized carbons (Fsp3) is 0.588. The molecule has 21 heavy (non-hydrogen) atoms. The molecule has 0 aromatic heterocycles. The highest BCUT2D eigenvalue weighted by atomic mass is 35.5. The van der Waals surface area contributed by atoms with Gasteiger partial charge in [-0.1, -0.05) is 36.6 Å². The second kappa shape index (κ2) is 7.81. The largest absolute Gasteiger partial charge is 0.341 e. The summed E-state index contributed by atoms with van der Waals surface area (Å²) in [5.74, 6) is 0.251. The van der Waals surface area contributed by atoms with Gasteiger partial charge in [0.25, 0.3) is 0 Å². The van der Waals surface area contributed by atoms with Crippen LogP contribution in [0.15, 0.2) is 24.3 Å². The molecule has 116 valence electrons. The van der Waals surface area contributed by atoms with Crippen LogP contribution in [0.25, 0.3) is 0 Å². The van der Waals surface area contributed by atoms with E-state index in [2.05, 4.69) is 4.90 Å². The molecule has 0 radical (unpaired) electrons. The zero-order valence-electron chi connectivity index (χ0n) is 13.0. The first-order valence-electron chi connectivity index (χ1n) is 7.81. The Bertz CT molecular complexity index is 470. The number of halogens is 1. The monoisotopic (exact) mass is 308 g/mol. The molecule has 0 N–H and O–H groups in total. The molecule has 3 nitrogen and oxygen atoms in total. The molecule has 2 rings (SSSR count). The van der Waals surface area contributed by atoms with E-state index in [4.69, 9.17) is 11.6 Å². The lowest BCUT2D eigenvalue weighted by molar-refractivity contribution is -0.136. The van der Waals surface area contributed by atoms with Crippen molar-refractivity contribution in [3.8, 4) is 0 Å². The van der Waals surface area contributed by atoms with Crippen LogP contribution in [0, 0.1) is 0 Å². The van der Waals surface area contributed by atoms with Crippen LogP contribution in [-0.4, -0.2) is 41.9 Å². The maximum Gasteiger partial charge on any atom is 0.239 e. The van der Waals surface area contributed by atoms with Gasteiger partial charge in [0.05, 0.1) is 6.04 Å². The summed E-state index contributed by atoms with van der Waals surface area (Å²) in [5.41, 5.74) is 1.14. The predicted octanol–water partition coefficient (Wildman–Crippen LogP) is 3.56. The SMILES string of the molecule is CC(C(=O)N1CCCCCC1)N(C)Cc1cccc(Cl)c1. The van der Waals surface area contributed by atoms with Crippen molar-refractivity contribution >= 4 is 17.5 Å². The van der Waals surface area contributed by atoms with Crippen molar-refractivity contribution in [3.63, 3.8) is 0 Å². The molecule has 1 amide bonds. The van der Waals surface area contributed by atoms with E-state index >= 15 is 0 Å². The molecule has 1 aromatic rings. The van der Waals surface area contributed by atoms with Crippen molar-refractivity contribution < 1.29 is 4.79 Å². The topological polar surface area (TPSA) is 23.6 Å². The minimum absolute atomic E-state index is 0.0953. The molecule has 1 aliphatic rings.